The number of hydrogen-bond donors (Lipinski definition) is 2. The van der Waals surface area contributed by atoms with Crippen LogP contribution in [0.2, 0.25) is 10.0 Å². The van der Waals surface area contributed by atoms with E-state index >= 15 is 0 Å². The van der Waals surface area contributed by atoms with E-state index in [9.17, 15) is 15.0 Å². The monoisotopic (exact) mass is 290 g/mol. The van der Waals surface area contributed by atoms with Crippen molar-refractivity contribution in [3.63, 3.8) is 0 Å². The molecular weight excluding hydrogens is 279 g/mol. The summed E-state index contributed by atoms with van der Waals surface area (Å²) in [5.41, 5.74) is 0.422. The zero-order valence-corrected chi connectivity index (χ0v) is 11.1. The van der Waals surface area contributed by atoms with Gasteiger partial charge >= 0.3 is 5.97 Å². The van der Waals surface area contributed by atoms with E-state index in [2.05, 4.69) is 4.74 Å². The van der Waals surface area contributed by atoms with E-state index in [1.807, 2.05) is 0 Å². The lowest BCUT2D eigenvalue weighted by atomic mass is 10.1. The van der Waals surface area contributed by atoms with Crippen LogP contribution in [0, 0.1) is 0 Å². The number of rotatable bonds is 4. The fraction of sp³-hybridized carbons (Fsp3) is 0.250. The predicted octanol–water partition coefficient (Wildman–Crippen LogP) is 3.03. The van der Waals surface area contributed by atoms with Crippen molar-refractivity contribution in [3.05, 3.63) is 45.6 Å². The number of benzene rings is 1. The van der Waals surface area contributed by atoms with Crippen LogP contribution in [0.1, 0.15) is 18.1 Å². The topological polar surface area (TPSA) is 66.8 Å². The molecule has 18 heavy (non-hydrogen) atoms. The number of halogens is 2. The third kappa shape index (κ3) is 4.22. The molecule has 1 unspecified atom stereocenters. The van der Waals surface area contributed by atoms with Gasteiger partial charge in [0.2, 0.25) is 0 Å². The molecule has 0 amide bonds. The third-order valence-electron chi connectivity index (χ3n) is 2.21. The lowest BCUT2D eigenvalue weighted by molar-refractivity contribution is -0.135. The Bertz CT molecular complexity index is 471. The molecule has 0 bridgehead atoms. The molecule has 0 aliphatic rings. The van der Waals surface area contributed by atoms with Gasteiger partial charge in [0.1, 0.15) is 5.76 Å². The van der Waals surface area contributed by atoms with Crippen molar-refractivity contribution in [1.29, 1.82) is 0 Å². The second kappa shape index (κ2) is 6.64. The van der Waals surface area contributed by atoms with Crippen molar-refractivity contribution in [2.45, 2.75) is 12.5 Å². The minimum atomic E-state index is -1.03. The highest BCUT2D eigenvalue weighted by Gasteiger charge is 2.14. The number of carbonyl (C=O) groups excluding carboxylic acids is 1. The van der Waals surface area contributed by atoms with Crippen molar-refractivity contribution >= 4 is 29.2 Å². The van der Waals surface area contributed by atoms with E-state index in [1.54, 1.807) is 12.1 Å². The molecule has 1 atom stereocenters. The zero-order chi connectivity index (χ0) is 13.7. The second-order valence-corrected chi connectivity index (χ2v) is 4.39. The molecule has 0 spiro atoms. The third-order valence-corrected chi connectivity index (χ3v) is 2.77. The van der Waals surface area contributed by atoms with Gasteiger partial charge < -0.3 is 14.9 Å². The molecular formula is C12H12Cl2O4. The van der Waals surface area contributed by atoms with Crippen LogP contribution in [-0.4, -0.2) is 23.3 Å². The van der Waals surface area contributed by atoms with E-state index in [4.69, 9.17) is 23.2 Å². The van der Waals surface area contributed by atoms with Gasteiger partial charge in [-0.2, -0.15) is 0 Å². The van der Waals surface area contributed by atoms with Gasteiger partial charge in [-0.3, -0.25) is 0 Å². The van der Waals surface area contributed by atoms with Gasteiger partial charge in [-0.05, 0) is 17.7 Å². The minimum Gasteiger partial charge on any atom is -0.512 e. The van der Waals surface area contributed by atoms with Crippen LogP contribution in [-0.2, 0) is 9.53 Å². The molecule has 0 aliphatic carbocycles. The van der Waals surface area contributed by atoms with Crippen molar-refractivity contribution in [2.24, 2.45) is 0 Å². The smallest absolute Gasteiger partial charge is 0.333 e. The van der Waals surface area contributed by atoms with Crippen LogP contribution >= 0.6 is 23.2 Å². The van der Waals surface area contributed by atoms with Gasteiger partial charge in [-0.15, -0.1) is 0 Å². The van der Waals surface area contributed by atoms with Crippen LogP contribution in [0.3, 0.4) is 0 Å². The van der Waals surface area contributed by atoms with E-state index in [-0.39, 0.29) is 12.2 Å². The molecule has 1 rings (SSSR count). The standard InChI is InChI=1S/C12H12Cl2O4/c1-18-12(17)6-8(15)5-11(16)9-3-2-7(13)4-10(9)14/h2-4,6,11,15-16H,5H2,1H3/b8-6-. The first-order valence-corrected chi connectivity index (χ1v) is 5.80. The number of methoxy groups -OCH3 is 1. The summed E-state index contributed by atoms with van der Waals surface area (Å²) < 4.78 is 4.35. The second-order valence-electron chi connectivity index (χ2n) is 3.54. The molecule has 1 aromatic rings. The number of esters is 1. The molecule has 2 N–H and O–H groups in total. The number of aliphatic hydroxyl groups excluding tert-OH is 2. The first kappa shape index (κ1) is 14.8. The summed E-state index contributed by atoms with van der Waals surface area (Å²) in [6, 6.07) is 4.62. The Morgan fingerprint density at radius 3 is 2.72 bits per heavy atom. The van der Waals surface area contributed by atoms with E-state index in [1.165, 1.54) is 13.2 Å². The number of ether oxygens (including phenoxy) is 1. The zero-order valence-electron chi connectivity index (χ0n) is 9.56. The van der Waals surface area contributed by atoms with E-state index < -0.39 is 12.1 Å². The summed E-state index contributed by atoms with van der Waals surface area (Å²) in [5, 5.41) is 20.1. The van der Waals surface area contributed by atoms with Gasteiger partial charge in [0.05, 0.1) is 19.3 Å². The molecule has 0 saturated heterocycles. The van der Waals surface area contributed by atoms with Gasteiger partial charge in [0.15, 0.2) is 0 Å². The van der Waals surface area contributed by atoms with Crippen LogP contribution in [0.15, 0.2) is 30.0 Å². The molecule has 0 saturated carbocycles. The summed E-state index contributed by atoms with van der Waals surface area (Å²) >= 11 is 11.6. The summed E-state index contributed by atoms with van der Waals surface area (Å²) in [6.07, 6.45) is -0.278. The SMILES string of the molecule is COC(=O)/C=C(\O)CC(O)c1ccc(Cl)cc1Cl. The van der Waals surface area contributed by atoms with Crippen molar-refractivity contribution in [1.82, 2.24) is 0 Å². The van der Waals surface area contributed by atoms with Gasteiger partial charge in [-0.1, -0.05) is 29.3 Å². The lowest BCUT2D eigenvalue weighted by Crippen LogP contribution is -2.03. The number of hydrogen-bond acceptors (Lipinski definition) is 4. The maximum atomic E-state index is 10.9. The quantitative estimate of drug-likeness (QED) is 0.508. The van der Waals surface area contributed by atoms with Crippen LogP contribution in [0.25, 0.3) is 0 Å². The molecule has 4 nitrogen and oxygen atoms in total. The highest BCUT2D eigenvalue weighted by Crippen LogP contribution is 2.29. The maximum Gasteiger partial charge on any atom is 0.333 e. The van der Waals surface area contributed by atoms with E-state index in [0.717, 1.165) is 6.08 Å². The molecule has 1 aromatic carbocycles. The van der Waals surface area contributed by atoms with Crippen LogP contribution in [0.5, 0.6) is 0 Å². The minimum absolute atomic E-state index is 0.142. The van der Waals surface area contributed by atoms with Crippen molar-refractivity contribution in [2.75, 3.05) is 7.11 Å². The Labute approximate surface area is 114 Å². The molecule has 0 aromatic heterocycles. The molecule has 0 heterocycles. The average Bonchev–Trinajstić information content (AvgIpc) is 2.28. The summed E-state index contributed by atoms with van der Waals surface area (Å²) in [7, 11) is 1.19. The maximum absolute atomic E-state index is 10.9. The van der Waals surface area contributed by atoms with Gasteiger partial charge in [0, 0.05) is 16.5 Å². The van der Waals surface area contributed by atoms with Gasteiger partial charge in [-0.25, -0.2) is 4.79 Å². The fourth-order valence-corrected chi connectivity index (χ4v) is 1.87. The number of carbonyl (C=O) groups is 1. The molecule has 6 heteroatoms. The highest BCUT2D eigenvalue weighted by atomic mass is 35.5. The summed E-state index contributed by atoms with van der Waals surface area (Å²) in [5.74, 6) is -0.984. The van der Waals surface area contributed by atoms with E-state index in [0.29, 0.717) is 15.6 Å². The molecule has 0 fully saturated rings. The van der Waals surface area contributed by atoms with Gasteiger partial charge in [0.25, 0.3) is 0 Å². The molecule has 98 valence electrons. The molecule has 0 aliphatic heterocycles. The van der Waals surface area contributed by atoms with Crippen LogP contribution in [0.4, 0.5) is 0 Å². The van der Waals surface area contributed by atoms with Crippen molar-refractivity contribution in [3.8, 4) is 0 Å². The van der Waals surface area contributed by atoms with Crippen molar-refractivity contribution < 1.29 is 19.7 Å². The summed E-state index contributed by atoms with van der Waals surface area (Å²) in [6.45, 7) is 0. The Hall–Kier alpha value is -1.23. The Morgan fingerprint density at radius 1 is 1.50 bits per heavy atom. The average molecular weight is 291 g/mol. The normalized spacial score (nSPS) is 13.2. The Balaban J connectivity index is 2.79. The van der Waals surface area contributed by atoms with Crippen LogP contribution < -0.4 is 0 Å². The first-order valence-electron chi connectivity index (χ1n) is 5.04. The predicted molar refractivity (Wildman–Crippen MR) is 68.8 cm³/mol. The number of aliphatic hydroxyl groups is 2. The lowest BCUT2D eigenvalue weighted by Gasteiger charge is -2.12. The fourth-order valence-electron chi connectivity index (χ4n) is 1.33. The molecule has 0 radical (unpaired) electrons. The largest absolute Gasteiger partial charge is 0.512 e. The first-order chi connectivity index (χ1) is 8.43. The summed E-state index contributed by atoms with van der Waals surface area (Å²) in [4.78, 5) is 10.9. The highest BCUT2D eigenvalue weighted by molar-refractivity contribution is 6.35. The Kier molecular flexibility index (Phi) is 5.47. The Morgan fingerprint density at radius 2 is 2.17 bits per heavy atom.